The van der Waals surface area contributed by atoms with Crippen LogP contribution >= 0.6 is 23.4 Å². The molecule has 0 aliphatic carbocycles. The highest BCUT2D eigenvalue weighted by Gasteiger charge is 2.30. The summed E-state index contributed by atoms with van der Waals surface area (Å²) in [7, 11) is -1.59. The fraction of sp³-hybridized carbons (Fsp3) is 0.455. The molecule has 110 valence electrons. The minimum atomic E-state index is -1.59. The summed E-state index contributed by atoms with van der Waals surface area (Å²) in [5.74, 6) is 0.397. The van der Waals surface area contributed by atoms with Crippen LogP contribution < -0.4 is 0 Å². The van der Waals surface area contributed by atoms with E-state index in [-0.39, 0.29) is 16.2 Å². The molecule has 0 amide bonds. The third kappa shape index (κ3) is 4.19. The van der Waals surface area contributed by atoms with Crippen LogP contribution in [0.1, 0.15) is 0 Å². The van der Waals surface area contributed by atoms with Crippen molar-refractivity contribution in [3.63, 3.8) is 0 Å². The largest absolute Gasteiger partial charge is 0.289 e. The molecule has 1 aromatic rings. The molecular formula is C11H15ClN2O4SSi. The summed E-state index contributed by atoms with van der Waals surface area (Å²) < 4.78 is 0. The number of non-ortho nitro benzene ring substituents is 1. The Morgan fingerprint density at radius 3 is 2.25 bits per heavy atom. The molecule has 1 atom stereocenters. The van der Waals surface area contributed by atoms with E-state index in [4.69, 9.17) is 11.6 Å². The molecule has 0 aliphatic heterocycles. The summed E-state index contributed by atoms with van der Waals surface area (Å²) in [6.07, 6.45) is 0. The van der Waals surface area contributed by atoms with Gasteiger partial charge in [0.2, 0.25) is 0 Å². The minimum absolute atomic E-state index is 0.101. The fourth-order valence-electron chi connectivity index (χ4n) is 1.45. The van der Waals surface area contributed by atoms with Crippen LogP contribution in [-0.2, 0) is 0 Å². The summed E-state index contributed by atoms with van der Waals surface area (Å²) in [6.45, 7) is 6.39. The lowest BCUT2D eigenvalue weighted by Crippen LogP contribution is -2.37. The van der Waals surface area contributed by atoms with Crippen LogP contribution in [0.2, 0.25) is 19.6 Å². The topological polar surface area (TPSA) is 86.3 Å². The van der Waals surface area contributed by atoms with E-state index in [1.165, 1.54) is 23.9 Å². The van der Waals surface area contributed by atoms with Crippen LogP contribution in [0.25, 0.3) is 0 Å². The fourth-order valence-corrected chi connectivity index (χ4v) is 6.06. The predicted molar refractivity (Wildman–Crippen MR) is 83.5 cm³/mol. The van der Waals surface area contributed by atoms with E-state index in [1.54, 1.807) is 0 Å². The average Bonchev–Trinajstić information content (AvgIpc) is 2.33. The van der Waals surface area contributed by atoms with Gasteiger partial charge in [-0.1, -0.05) is 19.6 Å². The molecule has 0 saturated carbocycles. The Hall–Kier alpha value is -1.12. The molecule has 0 heterocycles. The van der Waals surface area contributed by atoms with E-state index in [1.807, 2.05) is 0 Å². The number of benzene rings is 1. The number of hydrogen-bond acceptors (Lipinski definition) is 5. The zero-order valence-corrected chi connectivity index (χ0v) is 13.9. The highest BCUT2D eigenvalue weighted by molar-refractivity contribution is 8.01. The molecule has 0 N–H and O–H groups in total. The molecule has 0 radical (unpaired) electrons. The highest BCUT2D eigenvalue weighted by atomic mass is 35.5. The second-order valence-corrected chi connectivity index (χ2v) is 12.7. The van der Waals surface area contributed by atoms with E-state index in [9.17, 15) is 20.2 Å². The molecule has 1 aromatic carbocycles. The summed E-state index contributed by atoms with van der Waals surface area (Å²) in [5, 5.41) is 21.8. The number of nitro groups is 2. The zero-order chi connectivity index (χ0) is 15.5. The van der Waals surface area contributed by atoms with Crippen molar-refractivity contribution in [1.29, 1.82) is 0 Å². The maximum absolute atomic E-state index is 11.1. The predicted octanol–water partition coefficient (Wildman–Crippen LogP) is 4.08. The normalized spacial score (nSPS) is 13.0. The van der Waals surface area contributed by atoms with Gasteiger partial charge in [0.1, 0.15) is 0 Å². The van der Waals surface area contributed by atoms with Gasteiger partial charge in [-0.3, -0.25) is 20.2 Å². The van der Waals surface area contributed by atoms with Crippen molar-refractivity contribution in [2.75, 3.05) is 5.88 Å². The molecule has 0 fully saturated rings. The molecule has 0 spiro atoms. The zero-order valence-electron chi connectivity index (χ0n) is 11.3. The molecule has 1 rings (SSSR count). The van der Waals surface area contributed by atoms with Gasteiger partial charge in [-0.15, -0.1) is 23.4 Å². The smallest absolute Gasteiger partial charge is 0.258 e. The summed E-state index contributed by atoms with van der Waals surface area (Å²) >= 11 is 7.29. The van der Waals surface area contributed by atoms with Crippen molar-refractivity contribution in [1.82, 2.24) is 0 Å². The van der Waals surface area contributed by atoms with Gasteiger partial charge in [0.05, 0.1) is 28.9 Å². The standard InChI is InChI=1S/C11H15ClN2O4SSi/c1-20(2,3)11(7-12)19-10-5-4-8(13(15)16)6-9(10)14(17)18/h4-6,11H,7H2,1-3H3. The van der Waals surface area contributed by atoms with Crippen molar-refractivity contribution in [3.8, 4) is 0 Å². The lowest BCUT2D eigenvalue weighted by Gasteiger charge is -2.26. The van der Waals surface area contributed by atoms with Gasteiger partial charge in [0.25, 0.3) is 11.4 Å². The van der Waals surface area contributed by atoms with Crippen molar-refractivity contribution >= 4 is 42.8 Å². The number of hydrogen-bond donors (Lipinski definition) is 0. The molecule has 20 heavy (non-hydrogen) atoms. The first-order valence-corrected chi connectivity index (χ1v) is 10.8. The Morgan fingerprint density at radius 2 is 1.85 bits per heavy atom. The molecular weight excluding hydrogens is 320 g/mol. The second kappa shape index (κ2) is 6.55. The monoisotopic (exact) mass is 334 g/mol. The van der Waals surface area contributed by atoms with Gasteiger partial charge in [0.15, 0.2) is 0 Å². The summed E-state index contributed by atoms with van der Waals surface area (Å²) in [6, 6.07) is 3.71. The van der Waals surface area contributed by atoms with Crippen molar-refractivity contribution in [3.05, 3.63) is 38.4 Å². The SMILES string of the molecule is C[Si](C)(C)C(CCl)Sc1ccc([N+](=O)[O-])cc1[N+](=O)[O-]. The Balaban J connectivity index is 3.18. The third-order valence-electron chi connectivity index (χ3n) is 2.73. The lowest BCUT2D eigenvalue weighted by atomic mass is 10.3. The Kier molecular flexibility index (Phi) is 5.55. The number of rotatable bonds is 6. The first kappa shape index (κ1) is 16.9. The lowest BCUT2D eigenvalue weighted by molar-refractivity contribution is -0.396. The molecule has 6 nitrogen and oxygen atoms in total. The molecule has 0 saturated heterocycles. The first-order chi connectivity index (χ1) is 9.16. The van der Waals surface area contributed by atoms with Gasteiger partial charge in [-0.25, -0.2) is 0 Å². The van der Waals surface area contributed by atoms with Gasteiger partial charge < -0.3 is 0 Å². The average molecular weight is 335 g/mol. The minimum Gasteiger partial charge on any atom is -0.258 e. The number of nitro benzene ring substituents is 2. The van der Waals surface area contributed by atoms with E-state index >= 15 is 0 Å². The third-order valence-corrected chi connectivity index (χ3v) is 9.14. The van der Waals surface area contributed by atoms with E-state index in [0.717, 1.165) is 6.07 Å². The van der Waals surface area contributed by atoms with Crippen LogP contribution in [0.4, 0.5) is 11.4 Å². The van der Waals surface area contributed by atoms with Crippen molar-refractivity contribution in [2.45, 2.75) is 29.4 Å². The molecule has 9 heteroatoms. The molecule has 0 bridgehead atoms. The van der Waals surface area contributed by atoms with Gasteiger partial charge >= 0.3 is 0 Å². The van der Waals surface area contributed by atoms with E-state index in [2.05, 4.69) is 19.6 Å². The van der Waals surface area contributed by atoms with Gasteiger partial charge in [-0.05, 0) is 6.07 Å². The maximum atomic E-state index is 11.1. The van der Waals surface area contributed by atoms with Crippen LogP contribution in [0.15, 0.2) is 23.1 Å². The summed E-state index contributed by atoms with van der Waals surface area (Å²) in [5.41, 5.74) is -0.519. The van der Waals surface area contributed by atoms with Gasteiger partial charge in [-0.2, -0.15) is 0 Å². The maximum Gasteiger partial charge on any atom is 0.289 e. The van der Waals surface area contributed by atoms with Gasteiger partial charge in [0, 0.05) is 16.8 Å². The number of halogens is 1. The van der Waals surface area contributed by atoms with Crippen LogP contribution in [0, 0.1) is 20.2 Å². The van der Waals surface area contributed by atoms with Crippen LogP contribution in [-0.4, -0.2) is 28.7 Å². The van der Waals surface area contributed by atoms with Crippen molar-refractivity contribution in [2.24, 2.45) is 0 Å². The molecule has 0 aromatic heterocycles. The van der Waals surface area contributed by atoms with Crippen LogP contribution in [0.5, 0.6) is 0 Å². The first-order valence-electron chi connectivity index (χ1n) is 5.82. The van der Waals surface area contributed by atoms with E-state index in [0.29, 0.717) is 10.8 Å². The number of nitrogens with zero attached hydrogens (tertiary/aromatic N) is 2. The Bertz CT molecular complexity index is 536. The molecule has 0 aliphatic rings. The second-order valence-electron chi connectivity index (χ2n) is 5.29. The Morgan fingerprint density at radius 1 is 1.25 bits per heavy atom. The summed E-state index contributed by atoms with van der Waals surface area (Å²) in [4.78, 5) is 21.0. The van der Waals surface area contributed by atoms with Crippen LogP contribution in [0.3, 0.4) is 0 Å². The quantitative estimate of drug-likeness (QED) is 0.257. The number of alkyl halides is 1. The van der Waals surface area contributed by atoms with Crippen molar-refractivity contribution < 1.29 is 9.85 Å². The molecule has 1 unspecified atom stereocenters. The highest BCUT2D eigenvalue weighted by Crippen LogP contribution is 2.37. The van der Waals surface area contributed by atoms with E-state index < -0.39 is 17.9 Å². The Labute approximate surface area is 126 Å². The number of thioether (sulfide) groups is 1.